The lowest BCUT2D eigenvalue weighted by molar-refractivity contribution is 0.0676. The molecule has 0 aliphatic carbocycles. The van der Waals surface area contributed by atoms with Gasteiger partial charge in [-0.3, -0.25) is 4.79 Å². The van der Waals surface area contributed by atoms with Gasteiger partial charge in [0.15, 0.2) is 9.84 Å². The Balaban J connectivity index is 1.94. The van der Waals surface area contributed by atoms with Crippen molar-refractivity contribution in [2.45, 2.75) is 25.9 Å². The Bertz CT molecular complexity index is 912. The van der Waals surface area contributed by atoms with Crippen LogP contribution in [0.2, 0.25) is 5.02 Å². The number of hydrogen-bond acceptors (Lipinski definition) is 4. The van der Waals surface area contributed by atoms with Crippen LogP contribution in [0.1, 0.15) is 29.3 Å². The molecule has 1 saturated heterocycles. The summed E-state index contributed by atoms with van der Waals surface area (Å²) in [6.07, 6.45) is 0.443. The van der Waals surface area contributed by atoms with Crippen molar-refractivity contribution in [2.24, 2.45) is 0 Å². The summed E-state index contributed by atoms with van der Waals surface area (Å²) in [5.74, 6) is 0.376. The van der Waals surface area contributed by atoms with E-state index in [1.54, 1.807) is 35.2 Å². The Hall–Kier alpha value is -2.05. The largest absolute Gasteiger partial charge is 0.493 e. The Labute approximate surface area is 164 Å². The first-order valence-corrected chi connectivity index (χ1v) is 11.1. The number of rotatable bonds is 6. The molecule has 0 unspecified atom stereocenters. The molecule has 3 rings (SSSR count). The third-order valence-electron chi connectivity index (χ3n) is 4.59. The molecule has 27 heavy (non-hydrogen) atoms. The number of halogens is 1. The Morgan fingerprint density at radius 3 is 2.52 bits per heavy atom. The minimum absolute atomic E-state index is 0.0108. The van der Waals surface area contributed by atoms with Crippen molar-refractivity contribution in [2.75, 3.05) is 18.1 Å². The number of hydrogen-bond donors (Lipinski definition) is 0. The van der Waals surface area contributed by atoms with Crippen molar-refractivity contribution in [3.63, 3.8) is 0 Å². The smallest absolute Gasteiger partial charge is 0.258 e. The molecule has 2 aromatic rings. The standard InChI is InChI=1S/C20H22ClNO4S/c1-2-26-19-6-4-3-5-18(19)20(23)22(17-11-12-27(24,25)14-17)13-15-7-9-16(21)10-8-15/h3-10,17H,2,11-14H2,1H3/t17-/m0/s1. The van der Waals surface area contributed by atoms with Gasteiger partial charge in [0.1, 0.15) is 5.75 Å². The molecule has 0 radical (unpaired) electrons. The Kier molecular flexibility index (Phi) is 6.07. The number of sulfone groups is 1. The fourth-order valence-electron chi connectivity index (χ4n) is 3.25. The van der Waals surface area contributed by atoms with E-state index in [-0.39, 0.29) is 23.5 Å². The molecule has 0 N–H and O–H groups in total. The molecule has 1 atom stereocenters. The van der Waals surface area contributed by atoms with Gasteiger partial charge >= 0.3 is 0 Å². The molecule has 2 aromatic carbocycles. The van der Waals surface area contributed by atoms with Crippen molar-refractivity contribution in [3.8, 4) is 5.75 Å². The molecule has 1 aliphatic heterocycles. The zero-order valence-electron chi connectivity index (χ0n) is 15.1. The van der Waals surface area contributed by atoms with Gasteiger partial charge in [0.25, 0.3) is 5.91 Å². The van der Waals surface area contributed by atoms with Crippen molar-refractivity contribution < 1.29 is 17.9 Å². The molecule has 5 nitrogen and oxygen atoms in total. The summed E-state index contributed by atoms with van der Waals surface area (Å²) in [6.45, 7) is 2.62. The van der Waals surface area contributed by atoms with Crippen LogP contribution in [0.3, 0.4) is 0 Å². The zero-order chi connectivity index (χ0) is 19.4. The number of amides is 1. The summed E-state index contributed by atoms with van der Waals surface area (Å²) in [5.41, 5.74) is 1.34. The summed E-state index contributed by atoms with van der Waals surface area (Å²) in [5, 5.41) is 0.613. The molecule has 1 amide bonds. The van der Waals surface area contributed by atoms with Crippen LogP contribution in [0, 0.1) is 0 Å². The monoisotopic (exact) mass is 407 g/mol. The number of ether oxygens (including phenoxy) is 1. The van der Waals surface area contributed by atoms with Crippen LogP contribution in [-0.2, 0) is 16.4 Å². The number of para-hydroxylation sites is 1. The van der Waals surface area contributed by atoms with Crippen LogP contribution >= 0.6 is 11.6 Å². The molecular weight excluding hydrogens is 386 g/mol. The first kappa shape index (κ1) is 19.7. The quantitative estimate of drug-likeness (QED) is 0.734. The van der Waals surface area contributed by atoms with Crippen LogP contribution in [0.25, 0.3) is 0 Å². The second kappa shape index (κ2) is 8.31. The van der Waals surface area contributed by atoms with Gasteiger partial charge < -0.3 is 9.64 Å². The highest BCUT2D eigenvalue weighted by Crippen LogP contribution is 2.26. The maximum absolute atomic E-state index is 13.3. The average Bonchev–Trinajstić information content (AvgIpc) is 3.01. The zero-order valence-corrected chi connectivity index (χ0v) is 16.7. The summed E-state index contributed by atoms with van der Waals surface area (Å²) in [6, 6.07) is 13.9. The minimum atomic E-state index is -3.12. The summed E-state index contributed by atoms with van der Waals surface area (Å²) in [7, 11) is -3.12. The predicted molar refractivity (Wildman–Crippen MR) is 106 cm³/mol. The van der Waals surface area contributed by atoms with Gasteiger partial charge in [-0.15, -0.1) is 0 Å². The van der Waals surface area contributed by atoms with Gasteiger partial charge in [-0.25, -0.2) is 8.42 Å². The van der Waals surface area contributed by atoms with Crippen molar-refractivity contribution >= 4 is 27.3 Å². The molecule has 1 aliphatic rings. The van der Waals surface area contributed by atoms with Gasteiger partial charge in [0.05, 0.1) is 23.7 Å². The third kappa shape index (κ3) is 4.82. The van der Waals surface area contributed by atoms with Crippen molar-refractivity contribution in [1.82, 2.24) is 4.90 Å². The molecule has 144 valence electrons. The van der Waals surface area contributed by atoms with E-state index in [2.05, 4.69) is 0 Å². The van der Waals surface area contributed by atoms with E-state index in [1.807, 2.05) is 25.1 Å². The van der Waals surface area contributed by atoms with Gasteiger partial charge in [-0.1, -0.05) is 35.9 Å². The summed E-state index contributed by atoms with van der Waals surface area (Å²) >= 11 is 5.95. The molecule has 0 aromatic heterocycles. The van der Waals surface area contributed by atoms with Crippen LogP contribution in [0.5, 0.6) is 5.75 Å². The van der Waals surface area contributed by atoms with E-state index in [0.29, 0.717) is 35.9 Å². The van der Waals surface area contributed by atoms with Crippen LogP contribution in [-0.4, -0.2) is 43.4 Å². The average molecular weight is 408 g/mol. The summed E-state index contributed by atoms with van der Waals surface area (Å²) < 4.78 is 29.6. The topological polar surface area (TPSA) is 63.7 Å². The maximum atomic E-state index is 13.3. The van der Waals surface area contributed by atoms with Gasteiger partial charge in [0, 0.05) is 17.6 Å². The van der Waals surface area contributed by atoms with E-state index < -0.39 is 9.84 Å². The normalized spacial score (nSPS) is 18.2. The predicted octanol–water partition coefficient (Wildman–Crippen LogP) is 3.57. The Morgan fingerprint density at radius 1 is 1.19 bits per heavy atom. The van der Waals surface area contributed by atoms with Crippen molar-refractivity contribution in [3.05, 3.63) is 64.7 Å². The minimum Gasteiger partial charge on any atom is -0.493 e. The van der Waals surface area contributed by atoms with Crippen LogP contribution in [0.4, 0.5) is 0 Å². The first-order valence-electron chi connectivity index (χ1n) is 8.87. The fraction of sp³-hybridized carbons (Fsp3) is 0.350. The van der Waals surface area contributed by atoms with E-state index in [9.17, 15) is 13.2 Å². The number of benzene rings is 2. The highest BCUT2D eigenvalue weighted by Gasteiger charge is 2.35. The number of nitrogens with zero attached hydrogens (tertiary/aromatic N) is 1. The maximum Gasteiger partial charge on any atom is 0.258 e. The van der Waals surface area contributed by atoms with Crippen LogP contribution in [0.15, 0.2) is 48.5 Å². The second-order valence-corrected chi connectivity index (χ2v) is 9.21. The lowest BCUT2D eigenvalue weighted by Gasteiger charge is -2.29. The fourth-order valence-corrected chi connectivity index (χ4v) is 5.11. The lowest BCUT2D eigenvalue weighted by Crippen LogP contribution is -2.40. The van der Waals surface area contributed by atoms with Gasteiger partial charge in [0.2, 0.25) is 0 Å². The molecule has 7 heteroatoms. The van der Waals surface area contributed by atoms with Gasteiger partial charge in [-0.05, 0) is 43.2 Å². The number of carbonyl (C=O) groups is 1. The van der Waals surface area contributed by atoms with Crippen molar-refractivity contribution in [1.29, 1.82) is 0 Å². The molecule has 0 spiro atoms. The SMILES string of the molecule is CCOc1ccccc1C(=O)N(Cc1ccc(Cl)cc1)[C@H]1CCS(=O)(=O)C1. The lowest BCUT2D eigenvalue weighted by atomic mass is 10.1. The highest BCUT2D eigenvalue weighted by atomic mass is 35.5. The molecular formula is C20H22ClNO4S. The molecule has 0 saturated carbocycles. The first-order chi connectivity index (χ1) is 12.9. The second-order valence-electron chi connectivity index (χ2n) is 6.55. The highest BCUT2D eigenvalue weighted by molar-refractivity contribution is 7.91. The molecule has 1 heterocycles. The molecule has 1 fully saturated rings. The van der Waals surface area contributed by atoms with E-state index in [4.69, 9.17) is 16.3 Å². The third-order valence-corrected chi connectivity index (χ3v) is 6.60. The van der Waals surface area contributed by atoms with Gasteiger partial charge in [-0.2, -0.15) is 0 Å². The van der Waals surface area contributed by atoms with Crippen LogP contribution < -0.4 is 4.74 Å². The van der Waals surface area contributed by atoms with E-state index in [1.165, 1.54) is 0 Å². The van der Waals surface area contributed by atoms with E-state index in [0.717, 1.165) is 5.56 Å². The van der Waals surface area contributed by atoms with E-state index >= 15 is 0 Å². The molecule has 0 bridgehead atoms. The Morgan fingerprint density at radius 2 is 1.89 bits per heavy atom. The summed E-state index contributed by atoms with van der Waals surface area (Å²) in [4.78, 5) is 15.0. The number of carbonyl (C=O) groups excluding carboxylic acids is 1.